The van der Waals surface area contributed by atoms with E-state index in [4.69, 9.17) is 4.74 Å². The summed E-state index contributed by atoms with van der Waals surface area (Å²) >= 11 is 1.21. The van der Waals surface area contributed by atoms with Crippen LogP contribution in [0.2, 0.25) is 0 Å². The SMILES string of the molecule is CCOC(=O)c1nc(NC(CC)CC)sc1C(C)=O. The minimum Gasteiger partial charge on any atom is -0.461 e. The van der Waals surface area contributed by atoms with Crippen molar-refractivity contribution in [3.05, 3.63) is 10.6 Å². The van der Waals surface area contributed by atoms with Gasteiger partial charge in [-0.1, -0.05) is 25.2 Å². The average molecular weight is 284 g/mol. The second-order valence-corrected chi connectivity index (χ2v) is 5.13. The van der Waals surface area contributed by atoms with Crippen LogP contribution < -0.4 is 5.32 Å². The molecule has 19 heavy (non-hydrogen) atoms. The Kier molecular flexibility index (Phi) is 5.95. The highest BCUT2D eigenvalue weighted by molar-refractivity contribution is 7.17. The summed E-state index contributed by atoms with van der Waals surface area (Å²) in [5.41, 5.74) is 0.118. The Morgan fingerprint density at radius 1 is 1.32 bits per heavy atom. The molecule has 0 aliphatic carbocycles. The fourth-order valence-corrected chi connectivity index (χ4v) is 2.55. The molecule has 0 unspecified atom stereocenters. The maximum atomic E-state index is 11.8. The molecule has 0 amide bonds. The Hall–Kier alpha value is -1.43. The summed E-state index contributed by atoms with van der Waals surface area (Å²) in [7, 11) is 0. The number of rotatable bonds is 7. The van der Waals surface area contributed by atoms with Gasteiger partial charge >= 0.3 is 5.97 Å². The van der Waals surface area contributed by atoms with E-state index in [9.17, 15) is 9.59 Å². The van der Waals surface area contributed by atoms with Crippen molar-refractivity contribution in [1.29, 1.82) is 0 Å². The predicted molar refractivity (Wildman–Crippen MR) is 76.1 cm³/mol. The second kappa shape index (κ2) is 7.23. The van der Waals surface area contributed by atoms with Crippen LogP contribution in [0.4, 0.5) is 5.13 Å². The van der Waals surface area contributed by atoms with Gasteiger partial charge in [0, 0.05) is 13.0 Å². The van der Waals surface area contributed by atoms with E-state index in [0.29, 0.717) is 16.1 Å². The van der Waals surface area contributed by atoms with Crippen molar-refractivity contribution in [2.24, 2.45) is 0 Å². The van der Waals surface area contributed by atoms with E-state index in [2.05, 4.69) is 24.1 Å². The number of thiazole rings is 1. The molecule has 1 N–H and O–H groups in total. The smallest absolute Gasteiger partial charge is 0.358 e. The fraction of sp³-hybridized carbons (Fsp3) is 0.615. The summed E-state index contributed by atoms with van der Waals surface area (Å²) < 4.78 is 4.91. The van der Waals surface area contributed by atoms with Gasteiger partial charge in [0.2, 0.25) is 0 Å². The van der Waals surface area contributed by atoms with E-state index in [1.807, 2.05) is 0 Å². The van der Waals surface area contributed by atoms with Gasteiger partial charge in [0.25, 0.3) is 0 Å². The minimum atomic E-state index is -0.540. The lowest BCUT2D eigenvalue weighted by Gasteiger charge is -2.12. The van der Waals surface area contributed by atoms with Gasteiger partial charge in [-0.2, -0.15) is 0 Å². The van der Waals surface area contributed by atoms with Crippen LogP contribution in [0.1, 0.15) is 60.7 Å². The zero-order chi connectivity index (χ0) is 14.4. The minimum absolute atomic E-state index is 0.118. The molecule has 0 fully saturated rings. The maximum Gasteiger partial charge on any atom is 0.358 e. The highest BCUT2D eigenvalue weighted by atomic mass is 32.1. The third-order valence-corrected chi connectivity index (χ3v) is 3.82. The quantitative estimate of drug-likeness (QED) is 0.615. The van der Waals surface area contributed by atoms with Crippen LogP contribution in [0, 0.1) is 0 Å². The number of ether oxygens (including phenoxy) is 1. The lowest BCUT2D eigenvalue weighted by molar-refractivity contribution is 0.0517. The van der Waals surface area contributed by atoms with Crippen LogP contribution in [0.25, 0.3) is 0 Å². The van der Waals surface area contributed by atoms with Crippen LogP contribution in [-0.4, -0.2) is 29.4 Å². The average Bonchev–Trinajstić information content (AvgIpc) is 2.80. The molecule has 6 heteroatoms. The molecule has 0 bridgehead atoms. The summed E-state index contributed by atoms with van der Waals surface area (Å²) in [5, 5.41) is 3.84. The Morgan fingerprint density at radius 2 is 1.95 bits per heavy atom. The second-order valence-electron chi connectivity index (χ2n) is 4.13. The highest BCUT2D eigenvalue weighted by Gasteiger charge is 2.22. The number of nitrogens with one attached hydrogen (secondary N) is 1. The van der Waals surface area contributed by atoms with Crippen LogP contribution in [-0.2, 0) is 4.74 Å². The summed E-state index contributed by atoms with van der Waals surface area (Å²) in [6.07, 6.45) is 1.92. The molecule has 0 saturated heterocycles. The van der Waals surface area contributed by atoms with E-state index in [1.165, 1.54) is 18.3 Å². The fourth-order valence-electron chi connectivity index (χ4n) is 1.63. The van der Waals surface area contributed by atoms with Crippen LogP contribution in [0.3, 0.4) is 0 Å². The molecule has 0 atom stereocenters. The number of Topliss-reactive ketones (excluding diaryl/α,β-unsaturated/α-hetero) is 1. The van der Waals surface area contributed by atoms with Gasteiger partial charge in [0.1, 0.15) is 4.88 Å². The standard InChI is InChI=1S/C13H20N2O3S/c1-5-9(6-2)14-13-15-10(12(17)18-7-3)11(19-13)8(4)16/h9H,5-7H2,1-4H3,(H,14,15). The molecule has 1 aromatic rings. The van der Waals surface area contributed by atoms with Gasteiger partial charge in [-0.15, -0.1) is 0 Å². The predicted octanol–water partition coefficient (Wildman–Crippen LogP) is 3.12. The molecular weight excluding hydrogens is 264 g/mol. The zero-order valence-corrected chi connectivity index (χ0v) is 12.6. The number of esters is 1. The van der Waals surface area contributed by atoms with Crippen molar-refractivity contribution in [2.75, 3.05) is 11.9 Å². The van der Waals surface area contributed by atoms with Crippen LogP contribution in [0.15, 0.2) is 0 Å². The lowest BCUT2D eigenvalue weighted by Crippen LogP contribution is -2.17. The maximum absolute atomic E-state index is 11.8. The van der Waals surface area contributed by atoms with Crippen molar-refractivity contribution >= 4 is 28.2 Å². The van der Waals surface area contributed by atoms with E-state index >= 15 is 0 Å². The number of hydrogen-bond acceptors (Lipinski definition) is 6. The normalized spacial score (nSPS) is 10.6. The largest absolute Gasteiger partial charge is 0.461 e. The van der Waals surface area contributed by atoms with E-state index in [-0.39, 0.29) is 18.1 Å². The number of anilines is 1. The molecule has 5 nitrogen and oxygen atoms in total. The van der Waals surface area contributed by atoms with Gasteiger partial charge < -0.3 is 10.1 Å². The Morgan fingerprint density at radius 3 is 2.42 bits per heavy atom. The van der Waals surface area contributed by atoms with Gasteiger partial charge in [-0.05, 0) is 19.8 Å². The van der Waals surface area contributed by atoms with Crippen LogP contribution in [0.5, 0.6) is 0 Å². The summed E-state index contributed by atoms with van der Waals surface area (Å²) in [6, 6.07) is 0.293. The van der Waals surface area contributed by atoms with Crippen molar-refractivity contribution in [1.82, 2.24) is 4.98 Å². The number of nitrogens with zero attached hydrogens (tertiary/aromatic N) is 1. The molecule has 1 rings (SSSR count). The van der Waals surface area contributed by atoms with E-state index in [0.717, 1.165) is 12.8 Å². The first-order valence-electron chi connectivity index (χ1n) is 6.48. The molecule has 0 radical (unpaired) electrons. The first-order valence-corrected chi connectivity index (χ1v) is 7.30. The molecule has 0 spiro atoms. The van der Waals surface area contributed by atoms with Crippen molar-refractivity contribution in [3.63, 3.8) is 0 Å². The highest BCUT2D eigenvalue weighted by Crippen LogP contribution is 2.25. The Bertz CT molecular complexity index is 453. The number of carbonyl (C=O) groups excluding carboxylic acids is 2. The van der Waals surface area contributed by atoms with Crippen molar-refractivity contribution in [3.8, 4) is 0 Å². The monoisotopic (exact) mass is 284 g/mol. The lowest BCUT2D eigenvalue weighted by atomic mass is 10.2. The third kappa shape index (κ3) is 4.02. The van der Waals surface area contributed by atoms with Crippen LogP contribution >= 0.6 is 11.3 Å². The zero-order valence-electron chi connectivity index (χ0n) is 11.8. The molecular formula is C13H20N2O3S. The van der Waals surface area contributed by atoms with Crippen molar-refractivity contribution < 1.29 is 14.3 Å². The molecule has 0 aliphatic heterocycles. The van der Waals surface area contributed by atoms with Gasteiger partial charge in [-0.25, -0.2) is 9.78 Å². The summed E-state index contributed by atoms with van der Waals surface area (Å²) in [6.45, 7) is 7.57. The van der Waals surface area contributed by atoms with Crippen molar-refractivity contribution in [2.45, 2.75) is 46.6 Å². The first-order chi connectivity index (χ1) is 9.03. The molecule has 1 aromatic heterocycles. The Labute approximate surface area is 117 Å². The number of hydrogen-bond donors (Lipinski definition) is 1. The molecule has 0 saturated carbocycles. The molecule has 0 aromatic carbocycles. The van der Waals surface area contributed by atoms with Gasteiger partial charge in [0.05, 0.1) is 6.61 Å². The third-order valence-electron chi connectivity index (χ3n) is 2.73. The van der Waals surface area contributed by atoms with E-state index < -0.39 is 5.97 Å². The summed E-state index contributed by atoms with van der Waals surface area (Å²) in [5.74, 6) is -0.709. The topological polar surface area (TPSA) is 68.3 Å². The number of ketones is 1. The molecule has 106 valence electrons. The number of aromatic nitrogens is 1. The van der Waals surface area contributed by atoms with Gasteiger partial charge in [0.15, 0.2) is 16.6 Å². The van der Waals surface area contributed by atoms with E-state index in [1.54, 1.807) is 6.92 Å². The first kappa shape index (κ1) is 15.6. The molecule has 0 aliphatic rings. The molecule has 1 heterocycles. The van der Waals surface area contributed by atoms with Gasteiger partial charge in [-0.3, -0.25) is 4.79 Å². The Balaban J connectivity index is 3.00. The summed E-state index contributed by atoms with van der Waals surface area (Å²) in [4.78, 5) is 27.8. The number of carbonyl (C=O) groups is 2.